The number of rotatable bonds is 2. The molecule has 1 aliphatic carbocycles. The Kier molecular flexibility index (Phi) is 1.78. The van der Waals surface area contributed by atoms with Gasteiger partial charge < -0.3 is 10.1 Å². The van der Waals surface area contributed by atoms with E-state index < -0.39 is 6.04 Å². The average Bonchev–Trinajstić information content (AvgIpc) is 2.72. The van der Waals surface area contributed by atoms with Crippen molar-refractivity contribution < 1.29 is 14.3 Å². The van der Waals surface area contributed by atoms with Gasteiger partial charge in [-0.2, -0.15) is 0 Å². The van der Waals surface area contributed by atoms with Crippen molar-refractivity contribution in [3.8, 4) is 0 Å². The van der Waals surface area contributed by atoms with Crippen LogP contribution in [0.25, 0.3) is 0 Å². The van der Waals surface area contributed by atoms with Gasteiger partial charge >= 0.3 is 5.97 Å². The largest absolute Gasteiger partial charge is 0.464 e. The topological polar surface area (TPSA) is 55.4 Å². The average molecular weight is 183 g/mol. The Morgan fingerprint density at radius 1 is 1.62 bits per heavy atom. The normalized spacial score (nSPS) is 29.6. The van der Waals surface area contributed by atoms with Gasteiger partial charge in [0.1, 0.15) is 6.04 Å². The van der Waals surface area contributed by atoms with E-state index in [9.17, 15) is 9.59 Å². The minimum Gasteiger partial charge on any atom is -0.464 e. The summed E-state index contributed by atoms with van der Waals surface area (Å²) >= 11 is 0. The van der Waals surface area contributed by atoms with Crippen LogP contribution in [0.15, 0.2) is 0 Å². The van der Waals surface area contributed by atoms with Crippen LogP contribution in [0, 0.1) is 5.41 Å². The minimum atomic E-state index is -0.398. The van der Waals surface area contributed by atoms with Gasteiger partial charge in [0.15, 0.2) is 0 Å². The van der Waals surface area contributed by atoms with Crippen LogP contribution in [0.3, 0.4) is 0 Å². The number of nitrogens with one attached hydrogen (secondary N) is 1. The summed E-state index contributed by atoms with van der Waals surface area (Å²) in [4.78, 5) is 22.5. The van der Waals surface area contributed by atoms with Crippen LogP contribution < -0.4 is 5.32 Å². The number of hydrogen-bond donors (Lipinski definition) is 1. The summed E-state index contributed by atoms with van der Waals surface area (Å²) in [5.74, 6) is -0.297. The lowest BCUT2D eigenvalue weighted by Crippen LogP contribution is -2.41. The lowest BCUT2D eigenvalue weighted by Gasteiger charge is -2.12. The van der Waals surface area contributed by atoms with Crippen molar-refractivity contribution >= 4 is 11.9 Å². The number of esters is 1. The van der Waals surface area contributed by atoms with E-state index >= 15 is 0 Å². The second kappa shape index (κ2) is 2.72. The summed E-state index contributed by atoms with van der Waals surface area (Å²) < 4.78 is 4.75. The molecule has 0 aromatic rings. The number of ether oxygens (including phenoxy) is 1. The van der Waals surface area contributed by atoms with E-state index in [1.165, 1.54) is 0 Å². The molecule has 0 aromatic heterocycles. The van der Waals surface area contributed by atoms with Crippen LogP contribution in [0.2, 0.25) is 0 Å². The summed E-state index contributed by atoms with van der Waals surface area (Å²) in [5.41, 5.74) is -0.205. The lowest BCUT2D eigenvalue weighted by atomic mass is 10.1. The first-order valence-corrected chi connectivity index (χ1v) is 4.59. The van der Waals surface area contributed by atoms with Gasteiger partial charge in [0, 0.05) is 11.8 Å². The molecule has 1 amide bonds. The number of hydrogen-bond acceptors (Lipinski definition) is 3. The second-order valence-corrected chi connectivity index (χ2v) is 4.04. The van der Waals surface area contributed by atoms with Gasteiger partial charge in [-0.15, -0.1) is 0 Å². The Morgan fingerprint density at radius 3 is 2.77 bits per heavy atom. The Hall–Kier alpha value is -1.06. The molecular formula is C9H13NO3. The van der Waals surface area contributed by atoms with Gasteiger partial charge in [0.05, 0.1) is 6.61 Å². The van der Waals surface area contributed by atoms with Crippen LogP contribution in [0.1, 0.15) is 26.2 Å². The fourth-order valence-electron chi connectivity index (χ4n) is 1.37. The van der Waals surface area contributed by atoms with Crippen LogP contribution in [0.5, 0.6) is 0 Å². The van der Waals surface area contributed by atoms with Crippen molar-refractivity contribution in [1.29, 1.82) is 0 Å². The summed E-state index contributed by atoms with van der Waals surface area (Å²) in [6.07, 6.45) is 2.47. The Labute approximate surface area is 76.6 Å². The van der Waals surface area contributed by atoms with Crippen molar-refractivity contribution in [3.63, 3.8) is 0 Å². The molecule has 4 heteroatoms. The highest BCUT2D eigenvalue weighted by atomic mass is 16.5. The molecule has 1 heterocycles. The highest BCUT2D eigenvalue weighted by Gasteiger charge is 2.46. The number of amides is 1. The van der Waals surface area contributed by atoms with E-state index in [4.69, 9.17) is 4.74 Å². The number of carbonyl (C=O) groups is 2. The Bertz CT molecular complexity index is 258. The molecule has 1 saturated carbocycles. The quantitative estimate of drug-likeness (QED) is 0.623. The molecule has 1 N–H and O–H groups in total. The fourth-order valence-corrected chi connectivity index (χ4v) is 1.37. The zero-order valence-corrected chi connectivity index (χ0v) is 7.63. The molecule has 0 bridgehead atoms. The first-order valence-electron chi connectivity index (χ1n) is 4.59. The van der Waals surface area contributed by atoms with Crippen molar-refractivity contribution in [1.82, 2.24) is 5.32 Å². The molecule has 0 radical (unpaired) electrons. The minimum absolute atomic E-state index is 0.00338. The lowest BCUT2D eigenvalue weighted by molar-refractivity contribution is -0.142. The summed E-state index contributed by atoms with van der Waals surface area (Å²) in [6.45, 7) is 2.35. The maximum absolute atomic E-state index is 11.5. The SMILES string of the molecule is CC1(C(=O)NC2CCOC2=O)CC1. The third-order valence-corrected chi connectivity index (χ3v) is 2.79. The van der Waals surface area contributed by atoms with Crippen LogP contribution in [-0.2, 0) is 14.3 Å². The molecule has 1 aliphatic heterocycles. The van der Waals surface area contributed by atoms with Gasteiger partial charge in [-0.3, -0.25) is 4.79 Å². The molecule has 72 valence electrons. The second-order valence-electron chi connectivity index (χ2n) is 4.04. The first-order chi connectivity index (χ1) is 6.12. The van der Waals surface area contributed by atoms with E-state index in [1.54, 1.807) is 0 Å². The fraction of sp³-hybridized carbons (Fsp3) is 0.778. The van der Waals surface area contributed by atoms with Gasteiger partial charge in [-0.25, -0.2) is 4.79 Å². The van der Waals surface area contributed by atoms with Crippen molar-refractivity contribution in [2.45, 2.75) is 32.2 Å². The molecule has 1 atom stereocenters. The van der Waals surface area contributed by atoms with E-state index in [0.29, 0.717) is 13.0 Å². The van der Waals surface area contributed by atoms with Gasteiger partial charge in [0.2, 0.25) is 5.91 Å². The van der Waals surface area contributed by atoms with Crippen LogP contribution in [-0.4, -0.2) is 24.5 Å². The van der Waals surface area contributed by atoms with Crippen molar-refractivity contribution in [2.75, 3.05) is 6.61 Å². The number of cyclic esters (lactones) is 1. The molecule has 4 nitrogen and oxygen atoms in total. The predicted molar refractivity (Wildman–Crippen MR) is 44.8 cm³/mol. The molecule has 2 rings (SSSR count). The number of carbonyl (C=O) groups excluding carboxylic acids is 2. The van der Waals surface area contributed by atoms with E-state index in [1.807, 2.05) is 6.92 Å². The molecule has 0 aromatic carbocycles. The standard InChI is InChI=1S/C9H13NO3/c1-9(3-4-9)8(12)10-6-2-5-13-7(6)11/h6H,2-5H2,1H3,(H,10,12). The zero-order chi connectivity index (χ0) is 9.47. The monoisotopic (exact) mass is 183 g/mol. The summed E-state index contributed by atoms with van der Waals surface area (Å²) in [7, 11) is 0. The highest BCUT2D eigenvalue weighted by Crippen LogP contribution is 2.45. The van der Waals surface area contributed by atoms with Gasteiger partial charge in [-0.1, -0.05) is 6.92 Å². The van der Waals surface area contributed by atoms with E-state index in [-0.39, 0.29) is 17.3 Å². The summed E-state index contributed by atoms with van der Waals surface area (Å²) in [6, 6.07) is -0.398. The molecule has 1 unspecified atom stereocenters. The maximum Gasteiger partial charge on any atom is 0.328 e. The molecule has 2 aliphatic rings. The third-order valence-electron chi connectivity index (χ3n) is 2.79. The smallest absolute Gasteiger partial charge is 0.328 e. The molecule has 13 heavy (non-hydrogen) atoms. The Balaban J connectivity index is 1.90. The van der Waals surface area contributed by atoms with Gasteiger partial charge in [-0.05, 0) is 12.8 Å². The van der Waals surface area contributed by atoms with Gasteiger partial charge in [0.25, 0.3) is 0 Å². The van der Waals surface area contributed by atoms with Crippen molar-refractivity contribution in [2.24, 2.45) is 5.41 Å². The van der Waals surface area contributed by atoms with Crippen molar-refractivity contribution in [3.05, 3.63) is 0 Å². The van der Waals surface area contributed by atoms with E-state index in [2.05, 4.69) is 5.32 Å². The molecule has 0 spiro atoms. The maximum atomic E-state index is 11.5. The predicted octanol–water partition coefficient (Wildman–Crippen LogP) is 0.218. The third kappa shape index (κ3) is 1.53. The zero-order valence-electron chi connectivity index (χ0n) is 7.63. The van der Waals surface area contributed by atoms with Crippen LogP contribution >= 0.6 is 0 Å². The van der Waals surface area contributed by atoms with Crippen LogP contribution in [0.4, 0.5) is 0 Å². The molecule has 1 saturated heterocycles. The van der Waals surface area contributed by atoms with E-state index in [0.717, 1.165) is 12.8 Å². The molecule has 2 fully saturated rings. The highest BCUT2D eigenvalue weighted by molar-refractivity contribution is 5.89. The Morgan fingerprint density at radius 2 is 2.31 bits per heavy atom. The summed E-state index contributed by atoms with van der Waals surface area (Å²) in [5, 5.41) is 2.72. The molecular weight excluding hydrogens is 170 g/mol. The first kappa shape index (κ1) is 8.53.